The molecule has 1 aliphatic rings. The van der Waals surface area contributed by atoms with Crippen molar-refractivity contribution < 1.29 is 9.90 Å². The normalized spacial score (nSPS) is 16.2. The Kier molecular flexibility index (Phi) is 6.11. The average Bonchev–Trinajstić information content (AvgIpc) is 3.18. The fourth-order valence-electron chi connectivity index (χ4n) is 4.09. The lowest BCUT2D eigenvalue weighted by Crippen LogP contribution is -2.43. The number of rotatable bonds is 8. The van der Waals surface area contributed by atoms with Crippen LogP contribution in [0.25, 0.3) is 0 Å². The minimum Gasteiger partial charge on any atom is -0.479 e. The van der Waals surface area contributed by atoms with Crippen LogP contribution < -0.4 is 16.4 Å². The molecular weight excluding hydrogens is 364 g/mol. The number of hydrogen-bond acceptors (Lipinski definition) is 4. The van der Waals surface area contributed by atoms with Gasteiger partial charge in [-0.2, -0.15) is 0 Å². The molecule has 1 fully saturated rings. The van der Waals surface area contributed by atoms with Crippen LogP contribution in [0.2, 0.25) is 0 Å². The highest BCUT2D eigenvalue weighted by atomic mass is 16.4. The summed E-state index contributed by atoms with van der Waals surface area (Å²) in [5, 5.41) is 24.5. The molecule has 1 atom stereocenters. The van der Waals surface area contributed by atoms with E-state index in [1.165, 1.54) is 12.8 Å². The van der Waals surface area contributed by atoms with Crippen LogP contribution in [0.15, 0.2) is 42.5 Å². The van der Waals surface area contributed by atoms with Crippen molar-refractivity contribution in [2.75, 3.05) is 10.6 Å². The zero-order valence-corrected chi connectivity index (χ0v) is 17.1. The molecule has 0 saturated heterocycles. The molecule has 29 heavy (non-hydrogen) atoms. The van der Waals surface area contributed by atoms with Gasteiger partial charge in [0.05, 0.1) is 0 Å². The van der Waals surface area contributed by atoms with Crippen LogP contribution in [-0.4, -0.2) is 23.0 Å². The van der Waals surface area contributed by atoms with Crippen molar-refractivity contribution >= 4 is 23.2 Å². The Hall–Kier alpha value is -3.02. The van der Waals surface area contributed by atoms with Gasteiger partial charge in [0.2, 0.25) is 0 Å². The Balaban J connectivity index is 1.95. The zero-order valence-electron chi connectivity index (χ0n) is 17.1. The number of amidine groups is 1. The van der Waals surface area contributed by atoms with Gasteiger partial charge in [-0.3, -0.25) is 5.41 Å². The van der Waals surface area contributed by atoms with Crippen molar-refractivity contribution in [1.82, 2.24) is 0 Å². The van der Waals surface area contributed by atoms with Gasteiger partial charge in [-0.1, -0.05) is 25.8 Å². The van der Waals surface area contributed by atoms with E-state index in [1.807, 2.05) is 26.0 Å². The molecule has 2 aromatic carbocycles. The maximum atomic E-state index is 12.5. The van der Waals surface area contributed by atoms with Crippen LogP contribution >= 0.6 is 0 Å². The predicted molar refractivity (Wildman–Crippen MR) is 118 cm³/mol. The minimum atomic E-state index is -1.25. The first-order valence-electron chi connectivity index (χ1n) is 10.2. The Morgan fingerprint density at radius 1 is 1.17 bits per heavy atom. The number of hydrogen-bond donors (Lipinski definition) is 5. The predicted octanol–water partition coefficient (Wildman–Crippen LogP) is 4.44. The van der Waals surface area contributed by atoms with Crippen LogP contribution in [0, 0.1) is 12.3 Å². The average molecular weight is 395 g/mol. The molecule has 3 rings (SSSR count). The van der Waals surface area contributed by atoms with Gasteiger partial charge in [0.1, 0.15) is 5.84 Å². The number of nitrogens with one attached hydrogen (secondary N) is 3. The van der Waals surface area contributed by atoms with Crippen LogP contribution in [-0.2, 0) is 10.3 Å². The second kappa shape index (κ2) is 8.55. The molecule has 0 bridgehead atoms. The minimum absolute atomic E-state index is 0.0159. The highest BCUT2D eigenvalue weighted by Crippen LogP contribution is 2.34. The first-order chi connectivity index (χ1) is 13.8. The molecule has 6 N–H and O–H groups in total. The number of carboxylic acid groups (broad SMARTS) is 1. The maximum Gasteiger partial charge on any atom is 0.334 e. The van der Waals surface area contributed by atoms with E-state index in [9.17, 15) is 9.90 Å². The zero-order chi connectivity index (χ0) is 21.0. The third-order valence-electron chi connectivity index (χ3n) is 5.75. The summed E-state index contributed by atoms with van der Waals surface area (Å²) >= 11 is 0. The smallest absolute Gasteiger partial charge is 0.334 e. The first kappa shape index (κ1) is 20.7. The standard InChI is InChI=1S/C23H30N4O2/c1-3-23(22(28)29,27-19-10-8-16(9-11-19)21(24)25)17-12-15(2)13-20(14-17)26-18-6-4-5-7-18/h8-14,18,26-27H,3-7H2,1-2H3,(H3,24,25)(H,28,29). The Bertz CT molecular complexity index is 888. The molecule has 0 aliphatic heterocycles. The van der Waals surface area contributed by atoms with Gasteiger partial charge < -0.3 is 21.5 Å². The van der Waals surface area contributed by atoms with E-state index in [0.29, 0.717) is 23.7 Å². The molecule has 6 heteroatoms. The summed E-state index contributed by atoms with van der Waals surface area (Å²) in [7, 11) is 0. The highest BCUT2D eigenvalue weighted by Gasteiger charge is 2.39. The second-order valence-corrected chi connectivity index (χ2v) is 7.89. The summed E-state index contributed by atoms with van der Waals surface area (Å²) in [4.78, 5) is 12.5. The molecule has 2 aromatic rings. The molecule has 0 heterocycles. The van der Waals surface area contributed by atoms with Gasteiger partial charge in [-0.15, -0.1) is 0 Å². The van der Waals surface area contributed by atoms with Crippen LogP contribution in [0.5, 0.6) is 0 Å². The lowest BCUT2D eigenvalue weighted by Gasteiger charge is -2.32. The van der Waals surface area contributed by atoms with Crippen molar-refractivity contribution in [3.05, 3.63) is 59.2 Å². The molecular formula is C23H30N4O2. The SMILES string of the molecule is CCC(Nc1ccc(C(=N)N)cc1)(C(=O)O)c1cc(C)cc(NC2CCCC2)c1. The van der Waals surface area contributed by atoms with Crippen molar-refractivity contribution in [2.45, 2.75) is 57.5 Å². The van der Waals surface area contributed by atoms with E-state index in [-0.39, 0.29) is 5.84 Å². The van der Waals surface area contributed by atoms with E-state index in [0.717, 1.165) is 29.7 Å². The summed E-state index contributed by atoms with van der Waals surface area (Å²) in [6, 6.07) is 13.4. The van der Waals surface area contributed by atoms with Gasteiger partial charge >= 0.3 is 5.97 Å². The fourth-order valence-corrected chi connectivity index (χ4v) is 4.09. The maximum absolute atomic E-state index is 12.5. The van der Waals surface area contributed by atoms with Crippen LogP contribution in [0.3, 0.4) is 0 Å². The van der Waals surface area contributed by atoms with Crippen LogP contribution in [0.4, 0.5) is 11.4 Å². The lowest BCUT2D eigenvalue weighted by atomic mass is 9.85. The monoisotopic (exact) mass is 394 g/mol. The number of nitrogens with two attached hydrogens (primary N) is 1. The van der Waals surface area contributed by atoms with Crippen molar-refractivity contribution in [3.63, 3.8) is 0 Å². The van der Waals surface area contributed by atoms with Crippen molar-refractivity contribution in [1.29, 1.82) is 5.41 Å². The van der Waals surface area contributed by atoms with Crippen molar-refractivity contribution in [3.8, 4) is 0 Å². The summed E-state index contributed by atoms with van der Waals surface area (Å²) < 4.78 is 0. The number of nitrogen functional groups attached to an aromatic ring is 1. The first-order valence-corrected chi connectivity index (χ1v) is 10.2. The number of benzene rings is 2. The number of anilines is 2. The third kappa shape index (κ3) is 4.53. The van der Waals surface area contributed by atoms with Crippen molar-refractivity contribution in [2.24, 2.45) is 5.73 Å². The molecule has 154 valence electrons. The molecule has 0 spiro atoms. The Labute approximate surface area is 172 Å². The van der Waals surface area contributed by atoms with Gasteiger partial charge in [-0.05, 0) is 73.7 Å². The largest absolute Gasteiger partial charge is 0.479 e. The van der Waals surface area contributed by atoms with Gasteiger partial charge in [0, 0.05) is 23.0 Å². The summed E-state index contributed by atoms with van der Waals surface area (Å²) in [5.74, 6) is -0.939. The van der Waals surface area contributed by atoms with E-state index in [4.69, 9.17) is 11.1 Å². The number of carboxylic acids is 1. The van der Waals surface area contributed by atoms with E-state index in [2.05, 4.69) is 16.7 Å². The van der Waals surface area contributed by atoms with Gasteiger partial charge in [0.15, 0.2) is 5.54 Å². The number of aliphatic carboxylic acids is 1. The van der Waals surface area contributed by atoms with E-state index >= 15 is 0 Å². The molecule has 1 aliphatic carbocycles. The summed E-state index contributed by atoms with van der Waals surface area (Å²) in [5.41, 5.74) is 8.26. The second-order valence-electron chi connectivity index (χ2n) is 7.89. The molecule has 0 aromatic heterocycles. The van der Waals surface area contributed by atoms with E-state index in [1.54, 1.807) is 24.3 Å². The van der Waals surface area contributed by atoms with Gasteiger partial charge in [-0.25, -0.2) is 4.79 Å². The number of aryl methyl sites for hydroxylation is 1. The molecule has 1 unspecified atom stereocenters. The Morgan fingerprint density at radius 2 is 1.83 bits per heavy atom. The Morgan fingerprint density at radius 3 is 2.38 bits per heavy atom. The lowest BCUT2D eigenvalue weighted by molar-refractivity contribution is -0.142. The van der Waals surface area contributed by atoms with E-state index < -0.39 is 11.5 Å². The molecule has 0 amide bonds. The highest BCUT2D eigenvalue weighted by molar-refractivity contribution is 5.95. The quantitative estimate of drug-likeness (QED) is 0.336. The molecule has 0 radical (unpaired) electrons. The molecule has 1 saturated carbocycles. The summed E-state index contributed by atoms with van der Waals surface area (Å²) in [6.07, 6.45) is 5.16. The number of carbonyl (C=O) groups is 1. The fraction of sp³-hybridized carbons (Fsp3) is 0.391. The third-order valence-corrected chi connectivity index (χ3v) is 5.75. The molecule has 6 nitrogen and oxygen atoms in total. The topological polar surface area (TPSA) is 111 Å². The summed E-state index contributed by atoms with van der Waals surface area (Å²) in [6.45, 7) is 3.87. The van der Waals surface area contributed by atoms with Gasteiger partial charge in [0.25, 0.3) is 0 Å². The van der Waals surface area contributed by atoms with Crippen LogP contribution in [0.1, 0.15) is 55.7 Å².